The molecule has 0 aliphatic carbocycles. The van der Waals surface area contributed by atoms with Crippen LogP contribution in [0.4, 0.5) is 17.3 Å². The molecule has 2 aromatic carbocycles. The van der Waals surface area contributed by atoms with E-state index in [2.05, 4.69) is 70.7 Å². The van der Waals surface area contributed by atoms with Crippen molar-refractivity contribution >= 4 is 28.4 Å². The Labute approximate surface area is 193 Å². The molecule has 0 radical (unpaired) electrons. The number of benzene rings is 2. The van der Waals surface area contributed by atoms with E-state index in [9.17, 15) is 4.79 Å². The minimum atomic E-state index is -0.0717. The zero-order valence-electron chi connectivity index (χ0n) is 19.0. The van der Waals surface area contributed by atoms with Crippen LogP contribution in [-0.4, -0.2) is 27.6 Å². The van der Waals surface area contributed by atoms with E-state index in [1.54, 1.807) is 22.9 Å². The maximum absolute atomic E-state index is 12.7. The van der Waals surface area contributed by atoms with Crippen molar-refractivity contribution in [2.45, 2.75) is 39.2 Å². The summed E-state index contributed by atoms with van der Waals surface area (Å²) in [4.78, 5) is 24.3. The number of hydrogen-bond acceptors (Lipinski definition) is 5. The molecule has 1 fully saturated rings. The first-order valence-corrected chi connectivity index (χ1v) is 11.8. The number of fused-ring (bicyclic) bond motifs is 1. The van der Waals surface area contributed by atoms with Crippen molar-refractivity contribution in [2.75, 3.05) is 23.3 Å². The van der Waals surface area contributed by atoms with Crippen LogP contribution in [0.5, 0.6) is 0 Å². The Balaban J connectivity index is 1.40. The Morgan fingerprint density at radius 3 is 2.33 bits per heavy atom. The highest BCUT2D eigenvalue weighted by Gasteiger charge is 2.11. The zero-order valence-corrected chi connectivity index (χ0v) is 19.0. The van der Waals surface area contributed by atoms with Crippen LogP contribution >= 0.6 is 0 Å². The normalized spacial score (nSPS) is 13.9. The maximum atomic E-state index is 12.7. The molecule has 0 atom stereocenters. The lowest BCUT2D eigenvalue weighted by atomic mass is 10.1. The van der Waals surface area contributed by atoms with Gasteiger partial charge in [-0.05, 0) is 67.1 Å². The largest absolute Gasteiger partial charge is 0.372 e. The molecule has 168 valence electrons. The Bertz CT molecular complexity index is 1290. The van der Waals surface area contributed by atoms with Gasteiger partial charge in [-0.2, -0.15) is 4.98 Å². The molecule has 6 heteroatoms. The fourth-order valence-corrected chi connectivity index (χ4v) is 4.38. The molecule has 1 aliphatic rings. The highest BCUT2D eigenvalue weighted by Crippen LogP contribution is 2.23. The molecule has 4 aromatic rings. The molecule has 0 unspecified atom stereocenters. The quantitative estimate of drug-likeness (QED) is 0.451. The van der Waals surface area contributed by atoms with Gasteiger partial charge in [-0.25, -0.2) is 4.98 Å². The molecule has 1 N–H and O–H groups in total. The van der Waals surface area contributed by atoms with Crippen molar-refractivity contribution in [2.24, 2.45) is 0 Å². The van der Waals surface area contributed by atoms with Crippen molar-refractivity contribution in [3.8, 4) is 0 Å². The Morgan fingerprint density at radius 1 is 0.879 bits per heavy atom. The van der Waals surface area contributed by atoms with Gasteiger partial charge in [0.15, 0.2) is 0 Å². The van der Waals surface area contributed by atoms with Gasteiger partial charge in [0.25, 0.3) is 5.56 Å². The summed E-state index contributed by atoms with van der Waals surface area (Å²) >= 11 is 0. The fraction of sp³-hybridized carbons (Fsp3) is 0.296. The molecule has 3 heterocycles. The van der Waals surface area contributed by atoms with Gasteiger partial charge in [0, 0.05) is 42.1 Å². The van der Waals surface area contributed by atoms with Crippen molar-refractivity contribution < 1.29 is 0 Å². The second-order valence-corrected chi connectivity index (χ2v) is 8.62. The maximum Gasteiger partial charge on any atom is 0.252 e. The number of anilines is 3. The van der Waals surface area contributed by atoms with E-state index >= 15 is 0 Å². The smallest absolute Gasteiger partial charge is 0.252 e. The molecular formula is C27H29N5O. The van der Waals surface area contributed by atoms with Crippen LogP contribution in [0.15, 0.2) is 71.7 Å². The predicted molar refractivity (Wildman–Crippen MR) is 135 cm³/mol. The molecule has 1 aliphatic heterocycles. The molecule has 5 rings (SSSR count). The first-order valence-electron chi connectivity index (χ1n) is 11.8. The topological polar surface area (TPSA) is 63.1 Å². The lowest BCUT2D eigenvalue weighted by molar-refractivity contribution is 0.578. The van der Waals surface area contributed by atoms with Gasteiger partial charge in [0.05, 0.1) is 6.54 Å². The molecule has 0 amide bonds. The van der Waals surface area contributed by atoms with Crippen LogP contribution in [-0.2, 0) is 13.0 Å². The van der Waals surface area contributed by atoms with Crippen molar-refractivity contribution in [1.82, 2.24) is 14.5 Å². The predicted octanol–water partition coefficient (Wildman–Crippen LogP) is 5.14. The first kappa shape index (κ1) is 21.2. The van der Waals surface area contributed by atoms with Gasteiger partial charge in [0.1, 0.15) is 5.65 Å². The molecule has 2 aromatic heterocycles. The molecule has 6 nitrogen and oxygen atoms in total. The van der Waals surface area contributed by atoms with Gasteiger partial charge in [0.2, 0.25) is 5.95 Å². The van der Waals surface area contributed by atoms with Crippen LogP contribution in [0.25, 0.3) is 11.0 Å². The summed E-state index contributed by atoms with van der Waals surface area (Å²) in [5.74, 6) is 0.480. The molecule has 0 saturated carbocycles. The zero-order chi connectivity index (χ0) is 22.6. The summed E-state index contributed by atoms with van der Waals surface area (Å²) in [5, 5.41) is 4.13. The van der Waals surface area contributed by atoms with E-state index in [4.69, 9.17) is 4.98 Å². The molecule has 0 spiro atoms. The summed E-state index contributed by atoms with van der Waals surface area (Å²) in [6, 6.07) is 20.2. The minimum absolute atomic E-state index is 0.0717. The third-order valence-electron chi connectivity index (χ3n) is 6.34. The van der Waals surface area contributed by atoms with Gasteiger partial charge in [-0.1, -0.05) is 31.2 Å². The van der Waals surface area contributed by atoms with Gasteiger partial charge < -0.3 is 10.2 Å². The number of nitrogens with one attached hydrogen (secondary N) is 1. The number of hydrogen-bond donors (Lipinski definition) is 1. The van der Waals surface area contributed by atoms with Crippen LogP contribution in [0.1, 0.15) is 37.3 Å². The minimum Gasteiger partial charge on any atom is -0.372 e. The van der Waals surface area contributed by atoms with Gasteiger partial charge in [-0.3, -0.25) is 9.36 Å². The van der Waals surface area contributed by atoms with E-state index < -0.39 is 0 Å². The number of pyridine rings is 1. The summed E-state index contributed by atoms with van der Waals surface area (Å²) in [6.45, 7) is 4.86. The second kappa shape index (κ2) is 9.45. The number of piperidine rings is 1. The molecular weight excluding hydrogens is 410 g/mol. The Morgan fingerprint density at radius 2 is 1.61 bits per heavy atom. The third-order valence-corrected chi connectivity index (χ3v) is 6.34. The van der Waals surface area contributed by atoms with Crippen LogP contribution in [0, 0.1) is 0 Å². The fourth-order valence-electron chi connectivity index (χ4n) is 4.38. The molecule has 0 bridgehead atoms. The van der Waals surface area contributed by atoms with E-state index in [0.717, 1.165) is 36.1 Å². The summed E-state index contributed by atoms with van der Waals surface area (Å²) in [5.41, 5.74) is 5.09. The number of rotatable bonds is 6. The monoisotopic (exact) mass is 439 g/mol. The summed E-state index contributed by atoms with van der Waals surface area (Å²) in [6.07, 6.45) is 6.61. The van der Waals surface area contributed by atoms with Crippen LogP contribution < -0.4 is 15.8 Å². The standard InChI is InChI=1S/C27H29N5O/c1-2-20-6-8-21(9-7-20)19-32-25(33)15-10-22-18-28-27(30-26(22)32)29-23-11-13-24(14-12-23)31-16-4-3-5-17-31/h6-15,18H,2-5,16-17,19H2,1H3,(H,28,29,30). The van der Waals surface area contributed by atoms with Crippen molar-refractivity contribution in [3.63, 3.8) is 0 Å². The highest BCUT2D eigenvalue weighted by molar-refractivity contribution is 5.76. The van der Waals surface area contributed by atoms with E-state index in [1.165, 1.54) is 30.5 Å². The second-order valence-electron chi connectivity index (χ2n) is 8.62. The van der Waals surface area contributed by atoms with Crippen molar-refractivity contribution in [1.29, 1.82) is 0 Å². The Kier molecular flexibility index (Phi) is 6.07. The first-order chi connectivity index (χ1) is 16.2. The number of aromatic nitrogens is 3. The summed E-state index contributed by atoms with van der Waals surface area (Å²) in [7, 11) is 0. The Hall–Kier alpha value is -3.67. The highest BCUT2D eigenvalue weighted by atomic mass is 16.1. The lowest BCUT2D eigenvalue weighted by Gasteiger charge is -2.28. The van der Waals surface area contributed by atoms with Crippen LogP contribution in [0.3, 0.4) is 0 Å². The van der Waals surface area contributed by atoms with Gasteiger partial charge >= 0.3 is 0 Å². The number of aryl methyl sites for hydroxylation is 1. The van der Waals surface area contributed by atoms with E-state index in [-0.39, 0.29) is 5.56 Å². The third kappa shape index (κ3) is 4.75. The molecule has 1 saturated heterocycles. The summed E-state index contributed by atoms with van der Waals surface area (Å²) < 4.78 is 1.71. The van der Waals surface area contributed by atoms with Crippen molar-refractivity contribution in [3.05, 3.63) is 88.3 Å². The molecule has 33 heavy (non-hydrogen) atoms. The average Bonchev–Trinajstić information content (AvgIpc) is 2.87. The average molecular weight is 440 g/mol. The van der Waals surface area contributed by atoms with E-state index in [1.807, 2.05) is 0 Å². The lowest BCUT2D eigenvalue weighted by Crippen LogP contribution is -2.29. The SMILES string of the molecule is CCc1ccc(Cn2c(=O)ccc3cnc(Nc4ccc(N5CCCCC5)cc4)nc32)cc1. The van der Waals surface area contributed by atoms with Crippen LogP contribution in [0.2, 0.25) is 0 Å². The van der Waals surface area contributed by atoms with Gasteiger partial charge in [-0.15, -0.1) is 0 Å². The number of nitrogens with zero attached hydrogens (tertiary/aromatic N) is 4. The van der Waals surface area contributed by atoms with E-state index in [0.29, 0.717) is 18.1 Å².